The Morgan fingerprint density at radius 3 is 2.28 bits per heavy atom. The van der Waals surface area contributed by atoms with Crippen molar-refractivity contribution in [2.75, 3.05) is 24.7 Å². The van der Waals surface area contributed by atoms with Gasteiger partial charge in [0, 0.05) is 31.5 Å². The Kier molecular flexibility index (Phi) is 5.81. The molecule has 0 saturated heterocycles. The summed E-state index contributed by atoms with van der Waals surface area (Å²) in [6, 6.07) is 15.5. The second-order valence-electron chi connectivity index (χ2n) is 6.34. The zero-order chi connectivity index (χ0) is 21.0. The number of phenols is 1. The van der Waals surface area contributed by atoms with Crippen LogP contribution in [0.5, 0.6) is 5.75 Å². The van der Waals surface area contributed by atoms with Crippen molar-refractivity contribution in [2.45, 2.75) is 4.90 Å². The van der Waals surface area contributed by atoms with Gasteiger partial charge in [-0.25, -0.2) is 17.7 Å². The third-order valence-electron chi connectivity index (χ3n) is 4.08. The molecule has 0 aliphatic carbocycles. The predicted octanol–water partition coefficient (Wildman–Crippen LogP) is 3.03. The largest absolute Gasteiger partial charge is 0.508 e. The van der Waals surface area contributed by atoms with E-state index < -0.39 is 15.9 Å². The first-order valence-corrected chi connectivity index (χ1v) is 10.1. The van der Waals surface area contributed by atoms with Gasteiger partial charge in [0.25, 0.3) is 5.91 Å². The number of carbonyl (C=O) groups is 1. The topological polar surface area (TPSA) is 112 Å². The van der Waals surface area contributed by atoms with Crippen molar-refractivity contribution in [3.05, 3.63) is 72.4 Å². The van der Waals surface area contributed by atoms with E-state index in [1.807, 2.05) is 0 Å². The summed E-state index contributed by atoms with van der Waals surface area (Å²) in [5.41, 5.74) is 1.45. The van der Waals surface area contributed by atoms with Gasteiger partial charge >= 0.3 is 0 Å². The van der Waals surface area contributed by atoms with Crippen LogP contribution in [0, 0.1) is 0 Å². The van der Waals surface area contributed by atoms with Crippen LogP contribution in [0.1, 0.15) is 10.4 Å². The van der Waals surface area contributed by atoms with Crippen molar-refractivity contribution >= 4 is 33.1 Å². The number of nitrogens with one attached hydrogen (secondary N) is 2. The average Bonchev–Trinajstić information content (AvgIpc) is 2.71. The second-order valence-corrected chi connectivity index (χ2v) is 8.49. The molecule has 0 bridgehead atoms. The highest BCUT2D eigenvalue weighted by molar-refractivity contribution is 7.89. The molecule has 0 aliphatic rings. The summed E-state index contributed by atoms with van der Waals surface area (Å²) in [6.07, 6.45) is 1.58. The number of carbonyl (C=O) groups excluding carboxylic acids is 1. The van der Waals surface area contributed by atoms with E-state index in [1.165, 1.54) is 50.5 Å². The summed E-state index contributed by atoms with van der Waals surface area (Å²) in [4.78, 5) is 16.9. The third-order valence-corrected chi connectivity index (χ3v) is 5.91. The molecule has 0 radical (unpaired) electrons. The molecule has 8 nitrogen and oxygen atoms in total. The van der Waals surface area contributed by atoms with Gasteiger partial charge in [-0.05, 0) is 60.7 Å². The van der Waals surface area contributed by atoms with Gasteiger partial charge in [0.1, 0.15) is 5.75 Å². The lowest BCUT2D eigenvalue weighted by atomic mass is 10.2. The molecule has 0 fully saturated rings. The number of hydrogen-bond donors (Lipinski definition) is 3. The summed E-state index contributed by atoms with van der Waals surface area (Å²) in [5.74, 6) is 0.170. The number of sulfonamides is 1. The lowest BCUT2D eigenvalue weighted by Crippen LogP contribution is -2.22. The lowest BCUT2D eigenvalue weighted by molar-refractivity contribution is 0.102. The van der Waals surface area contributed by atoms with Crippen molar-refractivity contribution in [1.29, 1.82) is 0 Å². The van der Waals surface area contributed by atoms with E-state index in [-0.39, 0.29) is 10.6 Å². The molecule has 0 unspecified atom stereocenters. The van der Waals surface area contributed by atoms with Crippen LogP contribution < -0.4 is 10.6 Å². The maximum atomic E-state index is 12.6. The Morgan fingerprint density at radius 2 is 1.66 bits per heavy atom. The number of hydrogen-bond acceptors (Lipinski definition) is 6. The summed E-state index contributed by atoms with van der Waals surface area (Å²) in [5, 5.41) is 15.2. The number of rotatable bonds is 6. The summed E-state index contributed by atoms with van der Waals surface area (Å²) in [6.45, 7) is 0. The standard InChI is InChI=1S/C20H20N4O4S/c1-24(2)29(27,28)17-11-5-14(6-12-17)20(26)23-18-4-3-13-21-19(18)22-15-7-9-16(25)10-8-15/h3-13,25H,1-2H3,(H,21,22)(H,23,26). The van der Waals surface area contributed by atoms with Crippen LogP contribution in [0.2, 0.25) is 0 Å². The summed E-state index contributed by atoms with van der Waals surface area (Å²) < 4.78 is 25.4. The van der Waals surface area contributed by atoms with Crippen molar-refractivity contribution in [1.82, 2.24) is 9.29 Å². The van der Waals surface area contributed by atoms with E-state index in [0.717, 1.165) is 4.31 Å². The molecule has 2 aromatic carbocycles. The third kappa shape index (κ3) is 4.71. The molecule has 0 spiro atoms. The van der Waals surface area contributed by atoms with E-state index in [1.54, 1.807) is 30.5 Å². The SMILES string of the molecule is CN(C)S(=O)(=O)c1ccc(C(=O)Nc2cccnc2Nc2ccc(O)cc2)cc1. The number of phenolic OH excluding ortho intramolecular Hbond substituents is 1. The molecule has 1 heterocycles. The van der Waals surface area contributed by atoms with Gasteiger partial charge in [0.05, 0.1) is 10.6 Å². The van der Waals surface area contributed by atoms with Gasteiger partial charge in [0.2, 0.25) is 10.0 Å². The molecule has 9 heteroatoms. The normalized spacial score (nSPS) is 11.3. The van der Waals surface area contributed by atoms with Crippen LogP contribution in [0.4, 0.5) is 17.2 Å². The fourth-order valence-corrected chi connectivity index (χ4v) is 3.37. The van der Waals surface area contributed by atoms with Crippen molar-refractivity contribution < 1.29 is 18.3 Å². The molecule has 3 N–H and O–H groups in total. The Labute approximate surface area is 168 Å². The van der Waals surface area contributed by atoms with Crippen LogP contribution >= 0.6 is 0 Å². The number of anilines is 3. The van der Waals surface area contributed by atoms with E-state index in [0.29, 0.717) is 22.8 Å². The first-order chi connectivity index (χ1) is 13.8. The van der Waals surface area contributed by atoms with E-state index in [4.69, 9.17) is 0 Å². The first kappa shape index (κ1) is 20.3. The van der Waals surface area contributed by atoms with Gasteiger partial charge < -0.3 is 15.7 Å². The minimum Gasteiger partial charge on any atom is -0.508 e. The average molecular weight is 412 g/mol. The molecule has 150 valence electrons. The van der Waals surface area contributed by atoms with Crippen LogP contribution in [0.15, 0.2) is 71.8 Å². The molecule has 29 heavy (non-hydrogen) atoms. The maximum absolute atomic E-state index is 12.6. The lowest BCUT2D eigenvalue weighted by Gasteiger charge is -2.13. The number of aromatic nitrogens is 1. The van der Waals surface area contributed by atoms with Crippen molar-refractivity contribution in [3.63, 3.8) is 0 Å². The van der Waals surface area contributed by atoms with E-state index in [9.17, 15) is 18.3 Å². The quantitative estimate of drug-likeness (QED) is 0.537. The van der Waals surface area contributed by atoms with Gasteiger partial charge in [-0.1, -0.05) is 0 Å². The minimum absolute atomic E-state index is 0.107. The highest BCUT2D eigenvalue weighted by Crippen LogP contribution is 2.24. The monoisotopic (exact) mass is 412 g/mol. The molecular weight excluding hydrogens is 392 g/mol. The zero-order valence-corrected chi connectivity index (χ0v) is 16.6. The highest BCUT2D eigenvalue weighted by Gasteiger charge is 2.18. The highest BCUT2D eigenvalue weighted by atomic mass is 32.2. The number of pyridine rings is 1. The Hall–Kier alpha value is -3.43. The number of benzene rings is 2. The fraction of sp³-hybridized carbons (Fsp3) is 0.100. The molecule has 3 rings (SSSR count). The molecule has 0 atom stereocenters. The predicted molar refractivity (Wildman–Crippen MR) is 111 cm³/mol. The van der Waals surface area contributed by atoms with Crippen molar-refractivity contribution in [3.8, 4) is 5.75 Å². The van der Waals surface area contributed by atoms with Gasteiger partial charge in [-0.3, -0.25) is 4.79 Å². The number of nitrogens with zero attached hydrogens (tertiary/aromatic N) is 2. The molecule has 3 aromatic rings. The van der Waals surface area contributed by atoms with Crippen LogP contribution in [0.25, 0.3) is 0 Å². The first-order valence-electron chi connectivity index (χ1n) is 8.62. The van der Waals surface area contributed by atoms with Crippen LogP contribution in [0.3, 0.4) is 0 Å². The van der Waals surface area contributed by atoms with E-state index in [2.05, 4.69) is 15.6 Å². The summed E-state index contributed by atoms with van der Waals surface area (Å²) >= 11 is 0. The minimum atomic E-state index is -3.56. The van der Waals surface area contributed by atoms with E-state index >= 15 is 0 Å². The Morgan fingerprint density at radius 1 is 1.00 bits per heavy atom. The molecular formula is C20H20N4O4S. The Bertz CT molecular complexity index is 1110. The van der Waals surface area contributed by atoms with Crippen LogP contribution in [-0.2, 0) is 10.0 Å². The van der Waals surface area contributed by atoms with Crippen LogP contribution in [-0.4, -0.2) is 42.8 Å². The number of aromatic hydroxyl groups is 1. The second kappa shape index (κ2) is 8.29. The van der Waals surface area contributed by atoms with Gasteiger partial charge in [0.15, 0.2) is 5.82 Å². The smallest absolute Gasteiger partial charge is 0.255 e. The maximum Gasteiger partial charge on any atom is 0.255 e. The van der Waals surface area contributed by atoms with Gasteiger partial charge in [-0.15, -0.1) is 0 Å². The number of amides is 1. The van der Waals surface area contributed by atoms with Crippen molar-refractivity contribution in [2.24, 2.45) is 0 Å². The molecule has 1 amide bonds. The fourth-order valence-electron chi connectivity index (χ4n) is 2.47. The molecule has 1 aromatic heterocycles. The zero-order valence-electron chi connectivity index (χ0n) is 15.8. The molecule has 0 saturated carbocycles. The molecule has 0 aliphatic heterocycles. The van der Waals surface area contributed by atoms with Gasteiger partial charge in [-0.2, -0.15) is 0 Å². The Balaban J connectivity index is 1.78. The summed E-state index contributed by atoms with van der Waals surface area (Å²) in [7, 11) is -0.668.